The predicted octanol–water partition coefficient (Wildman–Crippen LogP) is 0.461. The van der Waals surface area contributed by atoms with E-state index in [1.54, 1.807) is 0 Å². The Labute approximate surface area is 80.4 Å². The monoisotopic (exact) mass is 184 g/mol. The topological polar surface area (TPSA) is 24.5 Å². The van der Waals surface area contributed by atoms with E-state index in [2.05, 4.69) is 17.1 Å². The van der Waals surface area contributed by atoms with Crippen LogP contribution in [0.5, 0.6) is 0 Å². The fourth-order valence-electron chi connectivity index (χ4n) is 2.29. The van der Waals surface area contributed by atoms with Gasteiger partial charge < -0.3 is 10.1 Å². The van der Waals surface area contributed by atoms with E-state index >= 15 is 0 Å². The molecular weight excluding hydrogens is 164 g/mol. The van der Waals surface area contributed by atoms with E-state index in [4.69, 9.17) is 4.74 Å². The van der Waals surface area contributed by atoms with Gasteiger partial charge >= 0.3 is 0 Å². The van der Waals surface area contributed by atoms with Gasteiger partial charge in [0, 0.05) is 31.8 Å². The first-order chi connectivity index (χ1) is 6.31. The van der Waals surface area contributed by atoms with Crippen LogP contribution in [0.25, 0.3) is 0 Å². The Hall–Kier alpha value is -0.120. The third kappa shape index (κ3) is 2.03. The first kappa shape index (κ1) is 9.44. The molecule has 0 aromatic rings. The standard InChI is InChI=1S/C10H20N2O/c1-10(3-8-13-9-10)12-6-2-4-11-5-7-12/h11H,2-9H2,1H3/t10-/m0/s1. The second kappa shape index (κ2) is 3.95. The summed E-state index contributed by atoms with van der Waals surface area (Å²) in [4.78, 5) is 2.60. The van der Waals surface area contributed by atoms with Gasteiger partial charge in [-0.05, 0) is 26.3 Å². The van der Waals surface area contributed by atoms with Crippen LogP contribution in [-0.2, 0) is 4.74 Å². The van der Waals surface area contributed by atoms with E-state index in [1.807, 2.05) is 0 Å². The Balaban J connectivity index is 1.96. The molecule has 1 atom stereocenters. The molecule has 2 rings (SSSR count). The molecule has 0 saturated carbocycles. The minimum atomic E-state index is 0.325. The van der Waals surface area contributed by atoms with Gasteiger partial charge in [-0.2, -0.15) is 0 Å². The highest BCUT2D eigenvalue weighted by atomic mass is 16.5. The van der Waals surface area contributed by atoms with Crippen LogP contribution >= 0.6 is 0 Å². The molecule has 0 aliphatic carbocycles. The van der Waals surface area contributed by atoms with Crippen LogP contribution in [0.3, 0.4) is 0 Å². The van der Waals surface area contributed by atoms with E-state index in [0.717, 1.165) is 19.8 Å². The third-order valence-electron chi connectivity index (χ3n) is 3.30. The molecule has 1 N–H and O–H groups in total. The zero-order chi connectivity index (χ0) is 9.15. The van der Waals surface area contributed by atoms with Gasteiger partial charge in [0.15, 0.2) is 0 Å². The van der Waals surface area contributed by atoms with E-state index < -0.39 is 0 Å². The van der Waals surface area contributed by atoms with Crippen molar-refractivity contribution >= 4 is 0 Å². The molecular formula is C10H20N2O. The highest BCUT2D eigenvalue weighted by Gasteiger charge is 2.35. The molecule has 3 heteroatoms. The molecule has 2 saturated heterocycles. The van der Waals surface area contributed by atoms with Crippen LogP contribution < -0.4 is 5.32 Å². The van der Waals surface area contributed by atoms with Gasteiger partial charge in [-0.25, -0.2) is 0 Å². The molecule has 0 aromatic carbocycles. The van der Waals surface area contributed by atoms with Crippen molar-refractivity contribution in [2.45, 2.75) is 25.3 Å². The van der Waals surface area contributed by atoms with Crippen molar-refractivity contribution in [1.82, 2.24) is 10.2 Å². The molecule has 0 unspecified atom stereocenters. The second-order valence-electron chi connectivity index (χ2n) is 4.39. The van der Waals surface area contributed by atoms with Gasteiger partial charge in [0.25, 0.3) is 0 Å². The summed E-state index contributed by atoms with van der Waals surface area (Å²) in [7, 11) is 0. The van der Waals surface area contributed by atoms with Crippen molar-refractivity contribution < 1.29 is 4.74 Å². The summed E-state index contributed by atoms with van der Waals surface area (Å²) >= 11 is 0. The average molecular weight is 184 g/mol. The lowest BCUT2D eigenvalue weighted by molar-refractivity contribution is 0.0851. The fraction of sp³-hybridized carbons (Fsp3) is 1.00. The van der Waals surface area contributed by atoms with Gasteiger partial charge in [-0.1, -0.05) is 0 Å². The molecule has 0 amide bonds. The van der Waals surface area contributed by atoms with Gasteiger partial charge in [-0.15, -0.1) is 0 Å². The lowest BCUT2D eigenvalue weighted by Gasteiger charge is -2.36. The fourth-order valence-corrected chi connectivity index (χ4v) is 2.29. The summed E-state index contributed by atoms with van der Waals surface area (Å²) in [5, 5.41) is 3.44. The molecule has 3 nitrogen and oxygen atoms in total. The first-order valence-electron chi connectivity index (χ1n) is 5.35. The van der Waals surface area contributed by atoms with Gasteiger partial charge in [0.2, 0.25) is 0 Å². The quantitative estimate of drug-likeness (QED) is 0.641. The number of nitrogens with zero attached hydrogens (tertiary/aromatic N) is 1. The number of ether oxygens (including phenoxy) is 1. The summed E-state index contributed by atoms with van der Waals surface area (Å²) in [6, 6.07) is 0. The summed E-state index contributed by atoms with van der Waals surface area (Å²) in [6.07, 6.45) is 2.47. The Kier molecular flexibility index (Phi) is 2.86. The third-order valence-corrected chi connectivity index (χ3v) is 3.30. The maximum atomic E-state index is 5.49. The summed E-state index contributed by atoms with van der Waals surface area (Å²) in [5.41, 5.74) is 0.325. The smallest absolute Gasteiger partial charge is 0.0648 e. The maximum absolute atomic E-state index is 5.49. The van der Waals surface area contributed by atoms with Crippen molar-refractivity contribution in [2.75, 3.05) is 39.4 Å². The van der Waals surface area contributed by atoms with Crippen molar-refractivity contribution in [3.8, 4) is 0 Å². The molecule has 0 radical (unpaired) electrons. The number of hydrogen-bond donors (Lipinski definition) is 1. The number of rotatable bonds is 1. The number of hydrogen-bond acceptors (Lipinski definition) is 3. The molecule has 2 aliphatic heterocycles. The Morgan fingerprint density at radius 2 is 2.23 bits per heavy atom. The van der Waals surface area contributed by atoms with E-state index in [9.17, 15) is 0 Å². The van der Waals surface area contributed by atoms with Gasteiger partial charge in [0.1, 0.15) is 0 Å². The molecule has 0 spiro atoms. The molecule has 0 bridgehead atoms. The van der Waals surface area contributed by atoms with Crippen molar-refractivity contribution in [1.29, 1.82) is 0 Å². The second-order valence-corrected chi connectivity index (χ2v) is 4.39. The van der Waals surface area contributed by atoms with Crippen molar-refractivity contribution in [2.24, 2.45) is 0 Å². The number of nitrogens with one attached hydrogen (secondary N) is 1. The summed E-state index contributed by atoms with van der Waals surface area (Å²) in [5.74, 6) is 0. The van der Waals surface area contributed by atoms with Crippen LogP contribution in [0, 0.1) is 0 Å². The lowest BCUT2D eigenvalue weighted by atomic mass is 9.99. The summed E-state index contributed by atoms with van der Waals surface area (Å²) < 4.78 is 5.49. The van der Waals surface area contributed by atoms with Crippen LogP contribution in [0.2, 0.25) is 0 Å². The first-order valence-corrected chi connectivity index (χ1v) is 5.35. The highest BCUT2D eigenvalue weighted by Crippen LogP contribution is 2.25. The zero-order valence-electron chi connectivity index (χ0n) is 8.51. The lowest BCUT2D eigenvalue weighted by Crippen LogP contribution is -2.48. The van der Waals surface area contributed by atoms with Gasteiger partial charge in [0.05, 0.1) is 6.61 Å². The molecule has 2 heterocycles. The van der Waals surface area contributed by atoms with E-state index in [1.165, 1.54) is 32.5 Å². The molecule has 13 heavy (non-hydrogen) atoms. The van der Waals surface area contributed by atoms with Crippen LogP contribution in [0.4, 0.5) is 0 Å². The van der Waals surface area contributed by atoms with Gasteiger partial charge in [-0.3, -0.25) is 4.90 Å². The Bertz CT molecular complexity index is 158. The SMILES string of the molecule is C[C@]1(N2CCCNCC2)CCOC1. The molecule has 2 aliphatic rings. The Morgan fingerprint density at radius 3 is 3.00 bits per heavy atom. The summed E-state index contributed by atoms with van der Waals surface area (Å²) in [6.45, 7) is 8.93. The van der Waals surface area contributed by atoms with E-state index in [-0.39, 0.29) is 0 Å². The largest absolute Gasteiger partial charge is 0.379 e. The Morgan fingerprint density at radius 1 is 1.31 bits per heavy atom. The zero-order valence-corrected chi connectivity index (χ0v) is 8.51. The predicted molar refractivity (Wildman–Crippen MR) is 52.9 cm³/mol. The van der Waals surface area contributed by atoms with Crippen LogP contribution in [-0.4, -0.2) is 49.8 Å². The van der Waals surface area contributed by atoms with Crippen LogP contribution in [0.15, 0.2) is 0 Å². The van der Waals surface area contributed by atoms with E-state index in [0.29, 0.717) is 5.54 Å². The highest BCUT2D eigenvalue weighted by molar-refractivity contribution is 4.90. The molecule has 0 aromatic heterocycles. The van der Waals surface area contributed by atoms with Crippen molar-refractivity contribution in [3.63, 3.8) is 0 Å². The van der Waals surface area contributed by atoms with Crippen molar-refractivity contribution in [3.05, 3.63) is 0 Å². The molecule has 2 fully saturated rings. The molecule has 76 valence electrons. The average Bonchev–Trinajstić information content (AvgIpc) is 2.44. The maximum Gasteiger partial charge on any atom is 0.0648 e. The van der Waals surface area contributed by atoms with Crippen LogP contribution in [0.1, 0.15) is 19.8 Å². The minimum Gasteiger partial charge on any atom is -0.379 e. The minimum absolute atomic E-state index is 0.325. The normalized spacial score (nSPS) is 37.6.